The molecule has 0 saturated carbocycles. The Kier molecular flexibility index (Phi) is 6.98. The van der Waals surface area contributed by atoms with E-state index in [1.54, 1.807) is 45.0 Å². The molecule has 1 N–H and O–H groups in total. The van der Waals surface area contributed by atoms with Gasteiger partial charge in [0.1, 0.15) is 11.3 Å². The van der Waals surface area contributed by atoms with Gasteiger partial charge in [0.25, 0.3) is 0 Å². The minimum atomic E-state index is -1.22. The van der Waals surface area contributed by atoms with E-state index in [2.05, 4.69) is 6.58 Å². The number of anilines is 1. The summed E-state index contributed by atoms with van der Waals surface area (Å²) >= 11 is 12.7. The second-order valence-corrected chi connectivity index (χ2v) is 10.3. The summed E-state index contributed by atoms with van der Waals surface area (Å²) in [4.78, 5) is 26.8. The molecule has 7 heteroatoms. The van der Waals surface area contributed by atoms with E-state index in [1.165, 1.54) is 6.08 Å². The first kappa shape index (κ1) is 25.5. The molecule has 4 rings (SSSR count). The van der Waals surface area contributed by atoms with E-state index < -0.39 is 11.5 Å². The lowest BCUT2D eigenvalue weighted by molar-refractivity contribution is 0.0831. The van der Waals surface area contributed by atoms with Crippen LogP contribution in [0.15, 0.2) is 77.7 Å². The number of hydrogen-bond acceptors (Lipinski definition) is 3. The van der Waals surface area contributed by atoms with Crippen molar-refractivity contribution in [2.45, 2.75) is 20.8 Å². The van der Waals surface area contributed by atoms with Crippen molar-refractivity contribution in [2.75, 3.05) is 11.4 Å². The quantitative estimate of drug-likeness (QED) is 0.203. The Labute approximate surface area is 219 Å². The maximum atomic E-state index is 13.4. The Morgan fingerprint density at radius 2 is 1.67 bits per heavy atom. The summed E-state index contributed by atoms with van der Waals surface area (Å²) in [5.41, 5.74) is 2.94. The fourth-order valence-corrected chi connectivity index (χ4v) is 4.42. The van der Waals surface area contributed by atoms with Gasteiger partial charge in [-0.15, -0.1) is 6.58 Å². The van der Waals surface area contributed by atoms with Crippen LogP contribution in [0.2, 0.25) is 10.0 Å². The van der Waals surface area contributed by atoms with Crippen molar-refractivity contribution in [3.8, 4) is 22.3 Å². The molecule has 0 radical (unpaired) electrons. The summed E-state index contributed by atoms with van der Waals surface area (Å²) in [5.74, 6) is -0.323. The number of ketones is 1. The minimum absolute atomic E-state index is 0.0138. The molecule has 0 unspecified atom stereocenters. The van der Waals surface area contributed by atoms with Crippen LogP contribution in [0.3, 0.4) is 0 Å². The SMILES string of the molecule is C=CCN(C(=O)O)c1c(C(=O)C(C)(C)C)oc2cc(-c3ccccc3Cl)c(-c3ccc(Cl)cc3)cc12. The molecule has 4 aromatic rings. The minimum Gasteiger partial charge on any atom is -0.465 e. The molecule has 184 valence electrons. The standard InChI is InChI=1S/C29H25Cl2NO4/c1-5-14-32(28(34)35)25-22-15-20(17-10-12-18(30)13-11-17)21(19-8-6-7-9-23(19)31)16-24(22)36-26(25)27(33)29(2,3)4/h5-13,15-16H,1,14H2,2-4H3,(H,34,35). The van der Waals surface area contributed by atoms with Crippen molar-refractivity contribution < 1.29 is 19.1 Å². The Hall–Kier alpha value is -3.54. The van der Waals surface area contributed by atoms with Crippen LogP contribution in [0, 0.1) is 5.41 Å². The van der Waals surface area contributed by atoms with Gasteiger partial charge in [-0.1, -0.05) is 80.4 Å². The summed E-state index contributed by atoms with van der Waals surface area (Å²) in [6.45, 7) is 8.96. The fourth-order valence-electron chi connectivity index (χ4n) is 4.06. The van der Waals surface area contributed by atoms with Crippen molar-refractivity contribution in [2.24, 2.45) is 5.41 Å². The first-order valence-corrected chi connectivity index (χ1v) is 12.1. The van der Waals surface area contributed by atoms with Crippen LogP contribution in [-0.2, 0) is 0 Å². The van der Waals surface area contributed by atoms with Crippen LogP contribution in [0.4, 0.5) is 10.5 Å². The molecular formula is C29H25Cl2NO4. The van der Waals surface area contributed by atoms with Gasteiger partial charge in [-0.05, 0) is 47.0 Å². The van der Waals surface area contributed by atoms with E-state index >= 15 is 0 Å². The third kappa shape index (κ3) is 4.77. The number of benzene rings is 3. The van der Waals surface area contributed by atoms with Gasteiger partial charge < -0.3 is 9.52 Å². The zero-order valence-electron chi connectivity index (χ0n) is 20.1. The molecule has 0 spiro atoms. The highest BCUT2D eigenvalue weighted by molar-refractivity contribution is 6.33. The fraction of sp³-hybridized carbons (Fsp3) is 0.172. The maximum Gasteiger partial charge on any atom is 0.412 e. The Morgan fingerprint density at radius 1 is 1.00 bits per heavy atom. The van der Waals surface area contributed by atoms with Crippen molar-refractivity contribution in [1.29, 1.82) is 0 Å². The first-order chi connectivity index (χ1) is 17.0. The lowest BCUT2D eigenvalue weighted by Crippen LogP contribution is -2.31. The summed E-state index contributed by atoms with van der Waals surface area (Å²) in [5, 5.41) is 11.6. The van der Waals surface area contributed by atoms with E-state index in [0.29, 0.717) is 21.0 Å². The maximum absolute atomic E-state index is 13.4. The normalized spacial score (nSPS) is 11.5. The average Bonchev–Trinajstić information content (AvgIpc) is 3.19. The van der Waals surface area contributed by atoms with Crippen LogP contribution in [-0.4, -0.2) is 23.5 Å². The monoisotopic (exact) mass is 521 g/mol. The van der Waals surface area contributed by atoms with Crippen molar-refractivity contribution >= 4 is 51.7 Å². The molecule has 0 aliphatic carbocycles. The predicted molar refractivity (Wildman–Crippen MR) is 146 cm³/mol. The van der Waals surface area contributed by atoms with Gasteiger partial charge >= 0.3 is 6.09 Å². The topological polar surface area (TPSA) is 70.8 Å². The predicted octanol–water partition coefficient (Wildman–Crippen LogP) is 8.97. The number of nitrogens with zero attached hydrogens (tertiary/aromatic N) is 1. The van der Waals surface area contributed by atoms with Gasteiger partial charge in [-0.2, -0.15) is 0 Å². The van der Waals surface area contributed by atoms with Crippen LogP contribution in [0.25, 0.3) is 33.2 Å². The molecule has 36 heavy (non-hydrogen) atoms. The molecule has 3 aromatic carbocycles. The smallest absolute Gasteiger partial charge is 0.412 e. The van der Waals surface area contributed by atoms with E-state index in [9.17, 15) is 14.7 Å². The summed E-state index contributed by atoms with van der Waals surface area (Å²) < 4.78 is 6.12. The van der Waals surface area contributed by atoms with E-state index in [4.69, 9.17) is 27.6 Å². The molecule has 0 fully saturated rings. The zero-order valence-corrected chi connectivity index (χ0v) is 21.7. The van der Waals surface area contributed by atoms with Crippen molar-refractivity contribution in [3.63, 3.8) is 0 Å². The van der Waals surface area contributed by atoms with Crippen molar-refractivity contribution in [3.05, 3.63) is 89.1 Å². The van der Waals surface area contributed by atoms with Gasteiger partial charge in [0.05, 0.1) is 0 Å². The number of carboxylic acid groups (broad SMARTS) is 1. The van der Waals surface area contributed by atoms with E-state index in [-0.39, 0.29) is 23.8 Å². The van der Waals surface area contributed by atoms with Crippen LogP contribution >= 0.6 is 23.2 Å². The molecule has 0 aliphatic rings. The molecule has 0 atom stereocenters. The lowest BCUT2D eigenvalue weighted by atomic mass is 9.88. The van der Waals surface area contributed by atoms with Gasteiger partial charge in [0.15, 0.2) is 5.76 Å². The summed E-state index contributed by atoms with van der Waals surface area (Å²) in [7, 11) is 0. The molecule has 0 aliphatic heterocycles. The molecule has 0 bridgehead atoms. The van der Waals surface area contributed by atoms with Gasteiger partial charge in [0.2, 0.25) is 5.78 Å². The summed E-state index contributed by atoms with van der Waals surface area (Å²) in [6.07, 6.45) is 0.250. The van der Waals surface area contributed by atoms with Gasteiger partial charge in [-0.3, -0.25) is 9.69 Å². The zero-order chi connectivity index (χ0) is 26.2. The van der Waals surface area contributed by atoms with Crippen LogP contribution < -0.4 is 4.90 Å². The third-order valence-corrected chi connectivity index (χ3v) is 6.40. The molecule has 1 aromatic heterocycles. The van der Waals surface area contributed by atoms with Crippen LogP contribution in [0.5, 0.6) is 0 Å². The molecule has 1 heterocycles. The van der Waals surface area contributed by atoms with E-state index in [1.807, 2.05) is 36.4 Å². The van der Waals surface area contributed by atoms with Crippen LogP contribution in [0.1, 0.15) is 31.3 Å². The van der Waals surface area contributed by atoms with Gasteiger partial charge in [-0.25, -0.2) is 4.79 Å². The number of carbonyl (C=O) groups excluding carboxylic acids is 1. The third-order valence-electron chi connectivity index (χ3n) is 5.82. The second-order valence-electron chi connectivity index (χ2n) is 9.42. The Morgan fingerprint density at radius 3 is 2.25 bits per heavy atom. The molecule has 1 amide bonds. The number of rotatable bonds is 6. The number of furan rings is 1. The largest absolute Gasteiger partial charge is 0.465 e. The number of hydrogen-bond donors (Lipinski definition) is 1. The number of fused-ring (bicyclic) bond motifs is 1. The lowest BCUT2D eigenvalue weighted by Gasteiger charge is -2.21. The molecule has 0 saturated heterocycles. The highest BCUT2D eigenvalue weighted by Crippen LogP contribution is 2.44. The Balaban J connectivity index is 2.13. The Bertz CT molecular complexity index is 1480. The number of halogens is 2. The van der Waals surface area contributed by atoms with Gasteiger partial charge in [0, 0.05) is 33.0 Å². The van der Waals surface area contributed by atoms with E-state index in [0.717, 1.165) is 27.2 Å². The average molecular weight is 522 g/mol. The molecular weight excluding hydrogens is 497 g/mol. The number of carbonyl (C=O) groups is 2. The number of Topliss-reactive ketones (excluding diaryl/α,β-unsaturated/α-hetero) is 1. The first-order valence-electron chi connectivity index (χ1n) is 11.3. The van der Waals surface area contributed by atoms with Crippen molar-refractivity contribution in [1.82, 2.24) is 0 Å². The second kappa shape index (κ2) is 9.84. The number of amides is 1. The summed E-state index contributed by atoms with van der Waals surface area (Å²) in [6, 6.07) is 18.4. The highest BCUT2D eigenvalue weighted by Gasteiger charge is 2.34. The molecule has 5 nitrogen and oxygen atoms in total. The highest BCUT2D eigenvalue weighted by atomic mass is 35.5.